The van der Waals surface area contributed by atoms with Crippen molar-refractivity contribution < 1.29 is 13.8 Å². The average Bonchev–Trinajstić information content (AvgIpc) is 2.85. The molecule has 2 unspecified atom stereocenters. The van der Waals surface area contributed by atoms with Crippen LogP contribution in [0.2, 0.25) is 0 Å². The quantitative estimate of drug-likeness (QED) is 0.605. The highest BCUT2D eigenvalue weighted by Crippen LogP contribution is 2.36. The van der Waals surface area contributed by atoms with Crippen LogP contribution in [0.3, 0.4) is 0 Å². The molecule has 2 heterocycles. The van der Waals surface area contributed by atoms with Crippen LogP contribution in [-0.2, 0) is 26.9 Å². The van der Waals surface area contributed by atoms with Crippen molar-refractivity contribution in [3.8, 4) is 0 Å². The Morgan fingerprint density at radius 3 is 2.35 bits per heavy atom. The molecule has 1 spiro atoms. The molecule has 1 aliphatic carbocycles. The fourth-order valence-corrected chi connectivity index (χ4v) is 6.57. The van der Waals surface area contributed by atoms with E-state index in [1.54, 1.807) is 6.26 Å². The predicted octanol–water partition coefficient (Wildman–Crippen LogP) is 3.86. The Hall–Kier alpha value is -1.73. The van der Waals surface area contributed by atoms with Gasteiger partial charge in [-0.25, -0.2) is 0 Å². The maximum atomic E-state index is 13.7. The number of hydrogen-bond donors (Lipinski definition) is 1. The third kappa shape index (κ3) is 5.56. The molecule has 4 rings (SSSR count). The highest BCUT2D eigenvalue weighted by Gasteiger charge is 2.53. The van der Waals surface area contributed by atoms with Gasteiger partial charge in [-0.2, -0.15) is 0 Å². The van der Waals surface area contributed by atoms with Crippen molar-refractivity contribution in [1.82, 2.24) is 15.1 Å². The van der Waals surface area contributed by atoms with E-state index in [0.717, 1.165) is 43.8 Å². The van der Waals surface area contributed by atoms with E-state index in [2.05, 4.69) is 17.1 Å². The van der Waals surface area contributed by atoms with Gasteiger partial charge >= 0.3 is 0 Å². The first kappa shape index (κ1) is 25.4. The van der Waals surface area contributed by atoms with E-state index in [0.29, 0.717) is 25.3 Å². The van der Waals surface area contributed by atoms with Crippen molar-refractivity contribution in [2.45, 2.75) is 94.2 Å². The minimum Gasteiger partial charge on any atom is -0.342 e. The highest BCUT2D eigenvalue weighted by atomic mass is 32.2. The summed E-state index contributed by atoms with van der Waals surface area (Å²) in [5.74, 6) is 0.775. The fourth-order valence-electron chi connectivity index (χ4n) is 6.06. The minimum absolute atomic E-state index is 0.0680. The molecule has 2 saturated heterocycles. The van der Waals surface area contributed by atoms with Crippen LogP contribution in [0.25, 0.3) is 0 Å². The summed E-state index contributed by atoms with van der Waals surface area (Å²) in [7, 11) is -0.967. The van der Waals surface area contributed by atoms with Gasteiger partial charge in [-0.05, 0) is 49.3 Å². The van der Waals surface area contributed by atoms with E-state index >= 15 is 0 Å². The second-order valence-electron chi connectivity index (χ2n) is 10.5. The van der Waals surface area contributed by atoms with Crippen LogP contribution in [0.5, 0.6) is 0 Å². The van der Waals surface area contributed by atoms with Crippen LogP contribution in [0.1, 0.15) is 76.7 Å². The summed E-state index contributed by atoms with van der Waals surface area (Å²) in [6, 6.07) is 7.60. The van der Waals surface area contributed by atoms with Gasteiger partial charge in [0.2, 0.25) is 11.8 Å². The lowest BCUT2D eigenvalue weighted by molar-refractivity contribution is -0.162. The molecule has 3 aliphatic rings. The van der Waals surface area contributed by atoms with Crippen LogP contribution in [0, 0.1) is 5.92 Å². The number of piperazine rings is 1. The Kier molecular flexibility index (Phi) is 8.46. The molecule has 1 aromatic rings. The van der Waals surface area contributed by atoms with Crippen LogP contribution in [0.4, 0.5) is 0 Å². The second kappa shape index (κ2) is 11.3. The molecule has 2 aliphatic heterocycles. The van der Waals surface area contributed by atoms with Gasteiger partial charge in [-0.15, -0.1) is 0 Å². The number of unbranched alkanes of at least 4 members (excludes halogenated alkanes) is 1. The van der Waals surface area contributed by atoms with Crippen LogP contribution >= 0.6 is 0 Å². The van der Waals surface area contributed by atoms with Gasteiger partial charge in [-0.3, -0.25) is 18.7 Å². The van der Waals surface area contributed by atoms with E-state index in [-0.39, 0.29) is 17.9 Å². The second-order valence-corrected chi connectivity index (χ2v) is 11.9. The Morgan fingerprint density at radius 1 is 1.06 bits per heavy atom. The zero-order valence-electron chi connectivity index (χ0n) is 20.9. The highest BCUT2D eigenvalue weighted by molar-refractivity contribution is 7.84. The van der Waals surface area contributed by atoms with E-state index < -0.39 is 16.3 Å². The summed E-state index contributed by atoms with van der Waals surface area (Å²) in [6.07, 6.45) is 12.0. The SMILES string of the molecule is CCCCN1C(=O)C(CC2CCCCC2)NC(=O)C12CCN(Cc1ccc(S(C)=O)cc1)CC2. The van der Waals surface area contributed by atoms with E-state index in [4.69, 9.17) is 0 Å². The number of benzene rings is 1. The first-order valence-electron chi connectivity index (χ1n) is 13.2. The van der Waals surface area contributed by atoms with Gasteiger partial charge in [0.05, 0.1) is 0 Å². The number of amides is 2. The lowest BCUT2D eigenvalue weighted by Gasteiger charge is -2.52. The molecule has 0 radical (unpaired) electrons. The third-order valence-corrected chi connectivity index (χ3v) is 9.12. The van der Waals surface area contributed by atoms with E-state index in [1.165, 1.54) is 37.7 Å². The Morgan fingerprint density at radius 2 is 1.74 bits per heavy atom. The van der Waals surface area contributed by atoms with Crippen molar-refractivity contribution in [3.05, 3.63) is 29.8 Å². The molecule has 2 atom stereocenters. The molecule has 1 N–H and O–H groups in total. The molecule has 0 bridgehead atoms. The van der Waals surface area contributed by atoms with Gasteiger partial charge < -0.3 is 10.2 Å². The molecular weight excluding hydrogens is 446 g/mol. The van der Waals surface area contributed by atoms with Gasteiger partial charge in [0.25, 0.3) is 0 Å². The topological polar surface area (TPSA) is 69.7 Å². The Labute approximate surface area is 207 Å². The average molecular weight is 488 g/mol. The third-order valence-electron chi connectivity index (χ3n) is 8.18. The Bertz CT molecular complexity index is 874. The molecule has 188 valence electrons. The minimum atomic E-state index is -0.967. The van der Waals surface area contributed by atoms with Crippen LogP contribution in [0.15, 0.2) is 29.2 Å². The number of rotatable bonds is 8. The molecule has 6 nitrogen and oxygen atoms in total. The summed E-state index contributed by atoms with van der Waals surface area (Å²) in [4.78, 5) is 32.4. The van der Waals surface area contributed by atoms with Crippen molar-refractivity contribution in [2.24, 2.45) is 5.92 Å². The molecule has 34 heavy (non-hydrogen) atoms. The number of carbonyl (C=O) groups excluding carboxylic acids is 2. The van der Waals surface area contributed by atoms with Crippen LogP contribution < -0.4 is 5.32 Å². The first-order valence-corrected chi connectivity index (χ1v) is 14.8. The van der Waals surface area contributed by atoms with Crippen LogP contribution in [-0.4, -0.2) is 63.3 Å². The number of piperidine rings is 1. The van der Waals surface area contributed by atoms with Gasteiger partial charge in [-0.1, -0.05) is 57.6 Å². The summed E-state index contributed by atoms with van der Waals surface area (Å²) < 4.78 is 11.6. The predicted molar refractivity (Wildman–Crippen MR) is 136 cm³/mol. The van der Waals surface area contributed by atoms with Crippen molar-refractivity contribution in [1.29, 1.82) is 0 Å². The summed E-state index contributed by atoms with van der Waals surface area (Å²) in [5.41, 5.74) is 0.485. The van der Waals surface area contributed by atoms with Crippen molar-refractivity contribution in [3.63, 3.8) is 0 Å². The van der Waals surface area contributed by atoms with E-state index in [1.807, 2.05) is 29.2 Å². The molecular formula is C27H41N3O3S. The molecule has 0 aromatic heterocycles. The zero-order chi connectivity index (χ0) is 24.1. The molecule has 2 amide bonds. The van der Waals surface area contributed by atoms with E-state index in [9.17, 15) is 13.8 Å². The fraction of sp³-hybridized carbons (Fsp3) is 0.704. The Balaban J connectivity index is 1.42. The van der Waals surface area contributed by atoms with Gasteiger partial charge in [0.1, 0.15) is 11.6 Å². The number of carbonyl (C=O) groups is 2. The van der Waals surface area contributed by atoms with Crippen molar-refractivity contribution >= 4 is 22.6 Å². The standard InChI is InChI=1S/C27H41N3O3S/c1-3-4-16-30-25(31)24(19-21-8-6-5-7-9-21)28-26(32)27(30)14-17-29(18-15-27)20-22-10-12-23(13-11-22)34(2)33/h10-13,21,24H,3-9,14-20H2,1-2H3,(H,28,32). The first-order chi connectivity index (χ1) is 16.4. The maximum absolute atomic E-state index is 13.7. The summed E-state index contributed by atoms with van der Waals surface area (Å²) >= 11 is 0. The lowest BCUT2D eigenvalue weighted by Crippen LogP contribution is -2.73. The number of likely N-dealkylation sites (tertiary alicyclic amines) is 1. The largest absolute Gasteiger partial charge is 0.342 e. The summed E-state index contributed by atoms with van der Waals surface area (Å²) in [6.45, 7) is 5.21. The number of nitrogens with zero attached hydrogens (tertiary/aromatic N) is 2. The molecule has 3 fully saturated rings. The molecule has 1 aromatic carbocycles. The van der Waals surface area contributed by atoms with Gasteiger partial charge in [0, 0.05) is 48.1 Å². The number of nitrogens with one attached hydrogen (secondary N) is 1. The smallest absolute Gasteiger partial charge is 0.246 e. The summed E-state index contributed by atoms with van der Waals surface area (Å²) in [5, 5.41) is 3.18. The van der Waals surface area contributed by atoms with Crippen molar-refractivity contribution in [2.75, 3.05) is 25.9 Å². The molecule has 1 saturated carbocycles. The maximum Gasteiger partial charge on any atom is 0.246 e. The normalized spacial score (nSPS) is 24.9. The zero-order valence-corrected chi connectivity index (χ0v) is 21.7. The number of hydrogen-bond acceptors (Lipinski definition) is 4. The monoisotopic (exact) mass is 487 g/mol. The molecule has 7 heteroatoms. The lowest BCUT2D eigenvalue weighted by atomic mass is 9.79. The van der Waals surface area contributed by atoms with Gasteiger partial charge in [0.15, 0.2) is 0 Å².